The van der Waals surface area contributed by atoms with Crippen molar-refractivity contribution in [3.8, 4) is 0 Å². The van der Waals surface area contributed by atoms with Gasteiger partial charge in [-0.3, -0.25) is 0 Å². The van der Waals surface area contributed by atoms with Crippen LogP contribution in [0.15, 0.2) is 24.8 Å². The van der Waals surface area contributed by atoms with Gasteiger partial charge in [0, 0.05) is 11.1 Å². The molecule has 2 N–H and O–H groups in total. The Morgan fingerprint density at radius 3 is 2.50 bits per heavy atom. The van der Waals surface area contributed by atoms with Crippen LogP contribution < -0.4 is 5.73 Å². The highest BCUT2D eigenvalue weighted by molar-refractivity contribution is 6.43. The van der Waals surface area contributed by atoms with Crippen molar-refractivity contribution in [2.24, 2.45) is 5.73 Å². The number of allylic oxidation sites excluding steroid dienone is 1. The lowest BCUT2D eigenvalue weighted by Gasteiger charge is -2.14. The number of nitrogens with two attached hydrogens (primary N) is 1. The van der Waals surface area contributed by atoms with Crippen molar-refractivity contribution in [1.29, 1.82) is 0 Å². The molecule has 16 heavy (non-hydrogen) atoms. The fourth-order valence-corrected chi connectivity index (χ4v) is 2.06. The summed E-state index contributed by atoms with van der Waals surface area (Å²) in [5, 5.41) is 1.47. The highest BCUT2D eigenvalue weighted by Crippen LogP contribution is 2.33. The molecule has 1 atom stereocenters. The first kappa shape index (κ1) is 16.1. The van der Waals surface area contributed by atoms with Gasteiger partial charge >= 0.3 is 0 Å². The summed E-state index contributed by atoms with van der Waals surface area (Å²) in [6.45, 7) is 3.64. The van der Waals surface area contributed by atoms with Gasteiger partial charge in [0.2, 0.25) is 0 Å². The van der Waals surface area contributed by atoms with E-state index in [9.17, 15) is 0 Å². The molecule has 0 spiro atoms. The van der Waals surface area contributed by atoms with Crippen LogP contribution >= 0.6 is 47.2 Å². The molecule has 1 aromatic rings. The van der Waals surface area contributed by atoms with E-state index in [-0.39, 0.29) is 18.4 Å². The van der Waals surface area contributed by atoms with Gasteiger partial charge in [0.15, 0.2) is 0 Å². The first-order valence-electron chi connectivity index (χ1n) is 4.57. The van der Waals surface area contributed by atoms with Crippen molar-refractivity contribution in [2.45, 2.75) is 18.9 Å². The smallest absolute Gasteiger partial charge is 0.0641 e. The number of halogens is 4. The van der Waals surface area contributed by atoms with Crippen LogP contribution in [0.2, 0.25) is 15.1 Å². The molecule has 0 amide bonds. The average Bonchev–Trinajstić information content (AvgIpc) is 2.19. The highest BCUT2D eigenvalue weighted by atomic mass is 35.5. The summed E-state index contributed by atoms with van der Waals surface area (Å²) in [4.78, 5) is 0. The molecule has 1 aromatic carbocycles. The summed E-state index contributed by atoms with van der Waals surface area (Å²) in [7, 11) is 0. The molecule has 90 valence electrons. The monoisotopic (exact) mass is 299 g/mol. The zero-order valence-corrected chi connectivity index (χ0v) is 11.6. The van der Waals surface area contributed by atoms with Gasteiger partial charge in [0.25, 0.3) is 0 Å². The zero-order chi connectivity index (χ0) is 11.4. The van der Waals surface area contributed by atoms with E-state index in [4.69, 9.17) is 40.5 Å². The summed E-state index contributed by atoms with van der Waals surface area (Å²) in [5.74, 6) is 0. The third-order valence-electron chi connectivity index (χ3n) is 2.10. The van der Waals surface area contributed by atoms with Crippen LogP contribution in [0.4, 0.5) is 0 Å². The van der Waals surface area contributed by atoms with Crippen LogP contribution in [0.25, 0.3) is 0 Å². The van der Waals surface area contributed by atoms with Gasteiger partial charge in [0.1, 0.15) is 0 Å². The zero-order valence-electron chi connectivity index (χ0n) is 8.55. The van der Waals surface area contributed by atoms with Crippen molar-refractivity contribution in [3.63, 3.8) is 0 Å². The van der Waals surface area contributed by atoms with E-state index in [0.717, 1.165) is 18.4 Å². The van der Waals surface area contributed by atoms with Crippen LogP contribution in [0.1, 0.15) is 24.4 Å². The third-order valence-corrected chi connectivity index (χ3v) is 3.14. The van der Waals surface area contributed by atoms with E-state index in [1.807, 2.05) is 6.08 Å². The van der Waals surface area contributed by atoms with E-state index in [1.54, 1.807) is 12.1 Å². The normalized spacial score (nSPS) is 11.8. The Bertz CT molecular complexity index is 365. The SMILES string of the molecule is C=CCC[C@H](N)c1cc(Cl)cc(Cl)c1Cl.Cl. The largest absolute Gasteiger partial charge is 0.324 e. The van der Waals surface area contributed by atoms with Crippen molar-refractivity contribution in [1.82, 2.24) is 0 Å². The van der Waals surface area contributed by atoms with Crippen molar-refractivity contribution < 1.29 is 0 Å². The van der Waals surface area contributed by atoms with Crippen LogP contribution in [0.5, 0.6) is 0 Å². The van der Waals surface area contributed by atoms with E-state index < -0.39 is 0 Å². The quantitative estimate of drug-likeness (QED) is 0.612. The first-order chi connectivity index (χ1) is 7.06. The molecule has 0 saturated carbocycles. The van der Waals surface area contributed by atoms with Crippen molar-refractivity contribution >= 4 is 47.2 Å². The molecule has 1 nitrogen and oxygen atoms in total. The molecule has 0 aliphatic rings. The Kier molecular flexibility index (Phi) is 7.45. The number of hydrogen-bond donors (Lipinski definition) is 1. The van der Waals surface area contributed by atoms with E-state index in [1.165, 1.54) is 0 Å². The molecule has 0 radical (unpaired) electrons. The summed E-state index contributed by atoms with van der Waals surface area (Å²) < 4.78 is 0. The second kappa shape index (κ2) is 7.41. The molecule has 0 aliphatic carbocycles. The average molecular weight is 301 g/mol. The van der Waals surface area contributed by atoms with Crippen molar-refractivity contribution in [2.75, 3.05) is 0 Å². The van der Waals surface area contributed by atoms with Gasteiger partial charge < -0.3 is 5.73 Å². The molecule has 0 unspecified atom stereocenters. The minimum absolute atomic E-state index is 0. The third kappa shape index (κ3) is 4.15. The van der Waals surface area contributed by atoms with E-state index >= 15 is 0 Å². The number of rotatable bonds is 4. The summed E-state index contributed by atoms with van der Waals surface area (Å²) >= 11 is 17.8. The molecular formula is C11H13Cl4N. The Morgan fingerprint density at radius 2 is 1.94 bits per heavy atom. The summed E-state index contributed by atoms with van der Waals surface area (Å²) in [6, 6.07) is 3.20. The highest BCUT2D eigenvalue weighted by Gasteiger charge is 2.13. The maximum atomic E-state index is 6.04. The first-order valence-corrected chi connectivity index (χ1v) is 5.70. The molecule has 0 aliphatic heterocycles. The van der Waals surface area contributed by atoms with Gasteiger partial charge in [-0.15, -0.1) is 19.0 Å². The molecule has 0 heterocycles. The second-order valence-corrected chi connectivity index (χ2v) is 4.48. The minimum atomic E-state index is -0.160. The van der Waals surface area contributed by atoms with Gasteiger partial charge in [-0.2, -0.15) is 0 Å². The molecule has 0 fully saturated rings. The van der Waals surface area contributed by atoms with E-state index in [2.05, 4.69) is 6.58 Å². The minimum Gasteiger partial charge on any atom is -0.324 e. The van der Waals surface area contributed by atoms with Crippen LogP contribution in [-0.2, 0) is 0 Å². The second-order valence-electron chi connectivity index (χ2n) is 3.26. The van der Waals surface area contributed by atoms with Gasteiger partial charge in [-0.1, -0.05) is 40.9 Å². The molecule has 0 aromatic heterocycles. The van der Waals surface area contributed by atoms with Crippen LogP contribution in [0.3, 0.4) is 0 Å². The topological polar surface area (TPSA) is 26.0 Å². The Morgan fingerprint density at radius 1 is 1.31 bits per heavy atom. The predicted molar refractivity (Wildman–Crippen MR) is 75.1 cm³/mol. The maximum absolute atomic E-state index is 6.04. The fourth-order valence-electron chi connectivity index (χ4n) is 1.30. The Labute approximate surface area is 117 Å². The van der Waals surface area contributed by atoms with E-state index in [0.29, 0.717) is 15.1 Å². The molecule has 0 bridgehead atoms. The number of hydrogen-bond acceptors (Lipinski definition) is 1. The number of benzene rings is 1. The molecular weight excluding hydrogens is 288 g/mol. The summed E-state index contributed by atoms with van der Waals surface area (Å²) in [6.07, 6.45) is 3.43. The fraction of sp³-hybridized carbons (Fsp3) is 0.273. The van der Waals surface area contributed by atoms with Gasteiger partial charge in [0.05, 0.1) is 10.0 Å². The lowest BCUT2D eigenvalue weighted by molar-refractivity contribution is 0.662. The predicted octanol–water partition coefficient (Wildman–Crippen LogP) is 5.03. The molecule has 5 heteroatoms. The molecule has 0 saturated heterocycles. The van der Waals surface area contributed by atoms with Crippen molar-refractivity contribution in [3.05, 3.63) is 45.4 Å². The van der Waals surface area contributed by atoms with Crippen LogP contribution in [-0.4, -0.2) is 0 Å². The lowest BCUT2D eigenvalue weighted by atomic mass is 10.0. The molecule has 1 rings (SSSR count). The standard InChI is InChI=1S/C11H12Cl3N.ClH/c1-2-3-4-10(15)8-5-7(12)6-9(13)11(8)14;/h2,5-6,10H,1,3-4,15H2;1H/t10-;/m0./s1. The lowest BCUT2D eigenvalue weighted by Crippen LogP contribution is -2.10. The maximum Gasteiger partial charge on any atom is 0.0641 e. The Balaban J connectivity index is 0.00000225. The van der Waals surface area contributed by atoms with Crippen LogP contribution in [0, 0.1) is 0 Å². The Hall–Kier alpha value is 0.0800. The van der Waals surface area contributed by atoms with Gasteiger partial charge in [-0.05, 0) is 30.5 Å². The van der Waals surface area contributed by atoms with Gasteiger partial charge in [-0.25, -0.2) is 0 Å². The summed E-state index contributed by atoms with van der Waals surface area (Å²) in [5.41, 5.74) is 6.76.